The van der Waals surface area contributed by atoms with E-state index in [4.69, 9.17) is 9.15 Å². The van der Waals surface area contributed by atoms with E-state index < -0.39 is 0 Å². The number of carbonyl (C=O) groups excluding carboxylic acids is 1. The summed E-state index contributed by atoms with van der Waals surface area (Å²) in [5.41, 5.74) is 1.92. The minimum Gasteiger partial charge on any atom is -0.497 e. The van der Waals surface area contributed by atoms with Gasteiger partial charge in [0.2, 0.25) is 5.91 Å². The standard InChI is InChI=1S/C21H18BrNO3/c1-25-18-9-2-15(3-10-18)4-13-21(24)23-14-19-11-12-20(26-19)16-5-7-17(22)8-6-16/h2-13H,14H2,1H3,(H,23,24)/b13-4+. The van der Waals surface area contributed by atoms with Crippen LogP contribution in [0.2, 0.25) is 0 Å². The highest BCUT2D eigenvalue weighted by atomic mass is 79.9. The van der Waals surface area contributed by atoms with Gasteiger partial charge in [-0.05, 0) is 48.0 Å². The largest absolute Gasteiger partial charge is 0.497 e. The Morgan fingerprint density at radius 2 is 1.81 bits per heavy atom. The maximum absolute atomic E-state index is 12.0. The maximum Gasteiger partial charge on any atom is 0.244 e. The van der Waals surface area contributed by atoms with Gasteiger partial charge in [0.15, 0.2) is 0 Å². The van der Waals surface area contributed by atoms with Crippen molar-refractivity contribution >= 4 is 27.9 Å². The van der Waals surface area contributed by atoms with Gasteiger partial charge in [-0.25, -0.2) is 0 Å². The van der Waals surface area contributed by atoms with Crippen molar-refractivity contribution in [1.29, 1.82) is 0 Å². The van der Waals surface area contributed by atoms with E-state index in [0.717, 1.165) is 27.1 Å². The van der Waals surface area contributed by atoms with Crippen molar-refractivity contribution in [2.75, 3.05) is 7.11 Å². The Morgan fingerprint density at radius 3 is 2.50 bits per heavy atom. The molecule has 0 aliphatic rings. The molecule has 3 rings (SSSR count). The van der Waals surface area contributed by atoms with Crippen molar-refractivity contribution in [3.63, 3.8) is 0 Å². The van der Waals surface area contributed by atoms with Gasteiger partial charge < -0.3 is 14.5 Å². The molecule has 1 N–H and O–H groups in total. The van der Waals surface area contributed by atoms with Gasteiger partial charge in [-0.1, -0.05) is 40.2 Å². The fourth-order valence-electron chi connectivity index (χ4n) is 2.36. The van der Waals surface area contributed by atoms with Crippen LogP contribution in [0, 0.1) is 0 Å². The van der Waals surface area contributed by atoms with E-state index in [2.05, 4.69) is 21.2 Å². The van der Waals surface area contributed by atoms with Crippen LogP contribution in [0.5, 0.6) is 5.75 Å². The van der Waals surface area contributed by atoms with Crippen molar-refractivity contribution < 1.29 is 13.9 Å². The van der Waals surface area contributed by atoms with Crippen molar-refractivity contribution in [2.24, 2.45) is 0 Å². The molecule has 0 saturated heterocycles. The molecule has 1 amide bonds. The molecule has 4 nitrogen and oxygen atoms in total. The average molecular weight is 412 g/mol. The van der Waals surface area contributed by atoms with Gasteiger partial charge in [-0.15, -0.1) is 0 Å². The molecule has 2 aromatic carbocycles. The Bertz CT molecular complexity index is 896. The Kier molecular flexibility index (Phi) is 5.92. The summed E-state index contributed by atoms with van der Waals surface area (Å²) >= 11 is 3.41. The fourth-order valence-corrected chi connectivity index (χ4v) is 2.63. The number of hydrogen-bond acceptors (Lipinski definition) is 3. The predicted molar refractivity (Wildman–Crippen MR) is 106 cm³/mol. The van der Waals surface area contributed by atoms with Crippen LogP contribution < -0.4 is 10.1 Å². The van der Waals surface area contributed by atoms with Crippen LogP contribution in [0.3, 0.4) is 0 Å². The first kappa shape index (κ1) is 18.0. The second-order valence-electron chi connectivity index (χ2n) is 5.60. The Hall–Kier alpha value is -2.79. The minimum absolute atomic E-state index is 0.178. The number of rotatable bonds is 6. The van der Waals surface area contributed by atoms with E-state index in [0.29, 0.717) is 12.3 Å². The van der Waals surface area contributed by atoms with Gasteiger partial charge in [0.1, 0.15) is 17.3 Å². The third-order valence-electron chi connectivity index (χ3n) is 3.77. The first-order valence-electron chi connectivity index (χ1n) is 8.08. The molecule has 0 aliphatic carbocycles. The Labute approximate surface area is 160 Å². The van der Waals surface area contributed by atoms with E-state index in [1.54, 1.807) is 13.2 Å². The molecule has 3 aromatic rings. The van der Waals surface area contributed by atoms with Gasteiger partial charge in [0.25, 0.3) is 0 Å². The van der Waals surface area contributed by atoms with Gasteiger partial charge in [-0.2, -0.15) is 0 Å². The molecule has 0 atom stereocenters. The molecule has 0 fully saturated rings. The van der Waals surface area contributed by atoms with Crippen molar-refractivity contribution in [3.05, 3.63) is 82.5 Å². The first-order valence-corrected chi connectivity index (χ1v) is 8.88. The summed E-state index contributed by atoms with van der Waals surface area (Å²) in [5.74, 6) is 2.08. The molecule has 0 radical (unpaired) electrons. The monoisotopic (exact) mass is 411 g/mol. The molecule has 0 unspecified atom stereocenters. The molecular formula is C21H18BrNO3. The third kappa shape index (κ3) is 4.86. The van der Waals surface area contributed by atoms with Gasteiger partial charge >= 0.3 is 0 Å². The van der Waals surface area contributed by atoms with Crippen LogP contribution in [-0.4, -0.2) is 13.0 Å². The third-order valence-corrected chi connectivity index (χ3v) is 4.30. The second kappa shape index (κ2) is 8.54. The van der Waals surface area contributed by atoms with Crippen LogP contribution in [0.4, 0.5) is 0 Å². The van der Waals surface area contributed by atoms with E-state index in [1.165, 1.54) is 6.08 Å². The highest BCUT2D eigenvalue weighted by Crippen LogP contribution is 2.23. The number of amides is 1. The van der Waals surface area contributed by atoms with Crippen LogP contribution >= 0.6 is 15.9 Å². The van der Waals surface area contributed by atoms with E-state index in [-0.39, 0.29) is 5.91 Å². The molecule has 132 valence electrons. The first-order chi connectivity index (χ1) is 12.6. The maximum atomic E-state index is 12.0. The van der Waals surface area contributed by atoms with Crippen molar-refractivity contribution in [3.8, 4) is 17.1 Å². The lowest BCUT2D eigenvalue weighted by Crippen LogP contribution is -2.19. The highest BCUT2D eigenvalue weighted by molar-refractivity contribution is 9.10. The number of halogens is 1. The molecule has 1 aromatic heterocycles. The summed E-state index contributed by atoms with van der Waals surface area (Å²) in [6, 6.07) is 19.1. The molecule has 1 heterocycles. The zero-order valence-corrected chi connectivity index (χ0v) is 15.8. The molecule has 0 saturated carbocycles. The smallest absolute Gasteiger partial charge is 0.244 e. The fraction of sp³-hybridized carbons (Fsp3) is 0.0952. The topological polar surface area (TPSA) is 51.5 Å². The quantitative estimate of drug-likeness (QED) is 0.577. The van der Waals surface area contributed by atoms with E-state index in [1.807, 2.05) is 60.7 Å². The summed E-state index contributed by atoms with van der Waals surface area (Å²) in [6.45, 7) is 0.336. The number of benzene rings is 2. The minimum atomic E-state index is -0.178. The summed E-state index contributed by atoms with van der Waals surface area (Å²) in [7, 11) is 1.62. The average Bonchev–Trinajstić information content (AvgIpc) is 3.14. The normalized spacial score (nSPS) is 10.8. The molecule has 0 aliphatic heterocycles. The molecule has 26 heavy (non-hydrogen) atoms. The van der Waals surface area contributed by atoms with Gasteiger partial charge in [0, 0.05) is 16.1 Å². The Balaban J connectivity index is 1.54. The van der Waals surface area contributed by atoms with Gasteiger partial charge in [-0.3, -0.25) is 4.79 Å². The lowest BCUT2D eigenvalue weighted by molar-refractivity contribution is -0.116. The summed E-state index contributed by atoms with van der Waals surface area (Å²) in [5, 5.41) is 2.81. The molecular weight excluding hydrogens is 394 g/mol. The zero-order valence-electron chi connectivity index (χ0n) is 14.2. The molecule has 5 heteroatoms. The van der Waals surface area contributed by atoms with Crippen LogP contribution in [0.25, 0.3) is 17.4 Å². The number of carbonyl (C=O) groups is 1. The lowest BCUT2D eigenvalue weighted by Gasteiger charge is -2.01. The number of methoxy groups -OCH3 is 1. The predicted octanol–water partition coefficient (Wildman–Crippen LogP) is 5.05. The van der Waals surface area contributed by atoms with E-state index >= 15 is 0 Å². The zero-order chi connectivity index (χ0) is 18.4. The number of nitrogens with one attached hydrogen (secondary N) is 1. The SMILES string of the molecule is COc1ccc(/C=C/C(=O)NCc2ccc(-c3ccc(Br)cc3)o2)cc1. The van der Waals surface area contributed by atoms with Crippen molar-refractivity contribution in [2.45, 2.75) is 6.54 Å². The number of hydrogen-bond donors (Lipinski definition) is 1. The lowest BCUT2D eigenvalue weighted by atomic mass is 10.2. The van der Waals surface area contributed by atoms with Gasteiger partial charge in [0.05, 0.1) is 13.7 Å². The van der Waals surface area contributed by atoms with Crippen LogP contribution in [-0.2, 0) is 11.3 Å². The molecule has 0 bridgehead atoms. The number of ether oxygens (including phenoxy) is 1. The van der Waals surface area contributed by atoms with Crippen molar-refractivity contribution in [1.82, 2.24) is 5.32 Å². The second-order valence-corrected chi connectivity index (χ2v) is 6.51. The highest BCUT2D eigenvalue weighted by Gasteiger charge is 2.05. The van der Waals surface area contributed by atoms with Crippen LogP contribution in [0.15, 0.2) is 75.6 Å². The Morgan fingerprint density at radius 1 is 1.08 bits per heavy atom. The number of furan rings is 1. The van der Waals surface area contributed by atoms with Crippen LogP contribution in [0.1, 0.15) is 11.3 Å². The summed E-state index contributed by atoms with van der Waals surface area (Å²) in [6.07, 6.45) is 3.25. The molecule has 0 spiro atoms. The van der Waals surface area contributed by atoms with E-state index in [9.17, 15) is 4.79 Å². The summed E-state index contributed by atoms with van der Waals surface area (Å²) in [4.78, 5) is 12.0. The summed E-state index contributed by atoms with van der Waals surface area (Å²) < 4.78 is 11.9.